The van der Waals surface area contributed by atoms with Crippen molar-refractivity contribution in [1.29, 1.82) is 0 Å². The van der Waals surface area contributed by atoms with Crippen LogP contribution < -0.4 is 0 Å². The van der Waals surface area contributed by atoms with E-state index in [1.165, 1.54) is 0 Å². The van der Waals surface area contributed by atoms with Crippen LogP contribution in [0, 0.1) is 0 Å². The monoisotopic (exact) mass is 333 g/mol. The normalized spacial score (nSPS) is 10.2. The minimum Gasteiger partial charge on any atom is -0.461 e. The average molecular weight is 334 g/mol. The zero-order chi connectivity index (χ0) is 16.8. The summed E-state index contributed by atoms with van der Waals surface area (Å²) in [5.74, 6) is -1.21. The van der Waals surface area contributed by atoms with Crippen LogP contribution in [-0.2, 0) is 9.47 Å². The Kier molecular flexibility index (Phi) is 5.71. The summed E-state index contributed by atoms with van der Waals surface area (Å²) in [6, 6.07) is 10.2. The number of aromatic nitrogens is 1. The Morgan fingerprint density at radius 2 is 1.52 bits per heavy atom. The molecular weight excluding hydrogens is 318 g/mol. The van der Waals surface area contributed by atoms with Crippen molar-refractivity contribution in [1.82, 2.24) is 4.98 Å². The van der Waals surface area contributed by atoms with Crippen LogP contribution >= 0.6 is 11.6 Å². The highest BCUT2D eigenvalue weighted by atomic mass is 35.5. The highest BCUT2D eigenvalue weighted by molar-refractivity contribution is 6.33. The van der Waals surface area contributed by atoms with E-state index in [-0.39, 0.29) is 24.6 Å². The minimum atomic E-state index is -0.605. The van der Waals surface area contributed by atoms with Gasteiger partial charge in [-0.25, -0.2) is 14.6 Å². The van der Waals surface area contributed by atoms with E-state index in [0.29, 0.717) is 16.1 Å². The van der Waals surface area contributed by atoms with E-state index in [4.69, 9.17) is 21.1 Å². The number of rotatable bonds is 5. The van der Waals surface area contributed by atoms with Gasteiger partial charge in [0, 0.05) is 10.6 Å². The molecule has 2 aromatic rings. The Morgan fingerprint density at radius 1 is 1.00 bits per heavy atom. The maximum Gasteiger partial charge on any atom is 0.356 e. The first-order chi connectivity index (χ1) is 11.1. The van der Waals surface area contributed by atoms with Gasteiger partial charge >= 0.3 is 11.9 Å². The first-order valence-corrected chi connectivity index (χ1v) is 7.55. The molecule has 0 saturated heterocycles. The van der Waals surface area contributed by atoms with Crippen molar-refractivity contribution in [2.24, 2.45) is 0 Å². The van der Waals surface area contributed by atoms with E-state index in [1.807, 2.05) is 6.07 Å². The Labute approximate surface area is 139 Å². The lowest BCUT2D eigenvalue weighted by molar-refractivity contribution is 0.0511. The van der Waals surface area contributed by atoms with Crippen molar-refractivity contribution in [2.75, 3.05) is 13.2 Å². The summed E-state index contributed by atoms with van der Waals surface area (Å²) < 4.78 is 9.91. The standard InChI is InChI=1S/C17H16ClNO4/c1-3-22-16(20)14-9-11(12-7-5-6-8-13(12)18)10-15(19-14)17(21)23-4-2/h5-10H,3-4H2,1-2H3. The molecule has 0 bridgehead atoms. The van der Waals surface area contributed by atoms with Gasteiger partial charge in [0.15, 0.2) is 0 Å². The molecule has 0 aliphatic heterocycles. The van der Waals surface area contributed by atoms with Crippen molar-refractivity contribution in [3.63, 3.8) is 0 Å². The van der Waals surface area contributed by atoms with Gasteiger partial charge < -0.3 is 9.47 Å². The fourth-order valence-electron chi connectivity index (χ4n) is 2.00. The molecule has 0 amide bonds. The van der Waals surface area contributed by atoms with Crippen molar-refractivity contribution in [3.05, 3.63) is 52.8 Å². The van der Waals surface area contributed by atoms with Crippen LogP contribution in [-0.4, -0.2) is 30.1 Å². The van der Waals surface area contributed by atoms with Crippen LogP contribution in [0.2, 0.25) is 5.02 Å². The summed E-state index contributed by atoms with van der Waals surface area (Å²) in [5, 5.41) is 0.503. The van der Waals surface area contributed by atoms with Gasteiger partial charge in [0.1, 0.15) is 11.4 Å². The van der Waals surface area contributed by atoms with Crippen LogP contribution in [0.1, 0.15) is 34.8 Å². The Bertz CT molecular complexity index is 694. The summed E-state index contributed by atoms with van der Waals surface area (Å²) in [5.41, 5.74) is 1.35. The number of pyridine rings is 1. The zero-order valence-corrected chi connectivity index (χ0v) is 13.6. The molecule has 23 heavy (non-hydrogen) atoms. The molecule has 2 rings (SSSR count). The van der Waals surface area contributed by atoms with Crippen LogP contribution in [0.4, 0.5) is 0 Å². The number of carbonyl (C=O) groups excluding carboxylic acids is 2. The zero-order valence-electron chi connectivity index (χ0n) is 12.8. The molecule has 0 saturated carbocycles. The Hall–Kier alpha value is -2.40. The van der Waals surface area contributed by atoms with Crippen molar-refractivity contribution < 1.29 is 19.1 Å². The quantitative estimate of drug-likeness (QED) is 0.779. The summed E-state index contributed by atoms with van der Waals surface area (Å²) in [6.45, 7) is 3.82. The molecule has 6 heteroatoms. The smallest absolute Gasteiger partial charge is 0.356 e. The van der Waals surface area contributed by atoms with E-state index < -0.39 is 11.9 Å². The first-order valence-electron chi connectivity index (χ1n) is 7.18. The molecule has 0 radical (unpaired) electrons. The summed E-state index contributed by atoms with van der Waals surface area (Å²) in [7, 11) is 0. The van der Waals surface area contributed by atoms with E-state index in [1.54, 1.807) is 44.2 Å². The van der Waals surface area contributed by atoms with Crippen molar-refractivity contribution >= 4 is 23.5 Å². The molecule has 0 atom stereocenters. The predicted molar refractivity (Wildman–Crippen MR) is 86.6 cm³/mol. The molecule has 0 aliphatic rings. The summed E-state index contributed by atoms with van der Waals surface area (Å²) >= 11 is 6.19. The molecule has 0 unspecified atom stereocenters. The SMILES string of the molecule is CCOC(=O)c1cc(-c2ccccc2Cl)cc(C(=O)OCC)n1. The number of benzene rings is 1. The average Bonchev–Trinajstić information content (AvgIpc) is 2.55. The largest absolute Gasteiger partial charge is 0.461 e. The molecule has 1 heterocycles. The molecular formula is C17H16ClNO4. The van der Waals surface area contributed by atoms with Gasteiger partial charge in [-0.15, -0.1) is 0 Å². The third kappa shape index (κ3) is 4.07. The summed E-state index contributed by atoms with van der Waals surface area (Å²) in [4.78, 5) is 28.0. The number of nitrogens with zero attached hydrogens (tertiary/aromatic N) is 1. The molecule has 0 aliphatic carbocycles. The van der Waals surface area contributed by atoms with E-state index in [9.17, 15) is 9.59 Å². The second-order valence-corrected chi connectivity index (χ2v) is 4.95. The van der Waals surface area contributed by atoms with Gasteiger partial charge in [-0.05, 0) is 37.6 Å². The molecule has 0 spiro atoms. The van der Waals surface area contributed by atoms with Gasteiger partial charge in [0.05, 0.1) is 13.2 Å². The number of carbonyl (C=O) groups is 2. The number of hydrogen-bond acceptors (Lipinski definition) is 5. The van der Waals surface area contributed by atoms with Crippen LogP contribution in [0.25, 0.3) is 11.1 Å². The number of ether oxygens (including phenoxy) is 2. The van der Waals surface area contributed by atoms with E-state index >= 15 is 0 Å². The minimum absolute atomic E-state index is 0.0346. The van der Waals surface area contributed by atoms with Gasteiger partial charge in [-0.2, -0.15) is 0 Å². The molecule has 120 valence electrons. The maximum absolute atomic E-state index is 12.0. The molecule has 1 aromatic carbocycles. The highest BCUT2D eigenvalue weighted by Gasteiger charge is 2.18. The van der Waals surface area contributed by atoms with E-state index in [2.05, 4.69) is 4.98 Å². The highest BCUT2D eigenvalue weighted by Crippen LogP contribution is 2.28. The van der Waals surface area contributed by atoms with E-state index in [0.717, 1.165) is 0 Å². The summed E-state index contributed by atoms with van der Waals surface area (Å²) in [6.07, 6.45) is 0. The molecule has 0 fully saturated rings. The molecule has 0 N–H and O–H groups in total. The number of hydrogen-bond donors (Lipinski definition) is 0. The molecule has 1 aromatic heterocycles. The number of halogens is 1. The Balaban J connectivity index is 2.55. The third-order valence-corrected chi connectivity index (χ3v) is 3.31. The fourth-order valence-corrected chi connectivity index (χ4v) is 2.25. The van der Waals surface area contributed by atoms with Gasteiger partial charge in [0.2, 0.25) is 0 Å². The van der Waals surface area contributed by atoms with Gasteiger partial charge in [-0.1, -0.05) is 29.8 Å². The maximum atomic E-state index is 12.0. The second kappa shape index (κ2) is 7.74. The topological polar surface area (TPSA) is 65.5 Å². The van der Waals surface area contributed by atoms with Crippen LogP contribution in [0.5, 0.6) is 0 Å². The van der Waals surface area contributed by atoms with Crippen molar-refractivity contribution in [2.45, 2.75) is 13.8 Å². The number of esters is 2. The second-order valence-electron chi connectivity index (χ2n) is 4.55. The van der Waals surface area contributed by atoms with Gasteiger partial charge in [0.25, 0.3) is 0 Å². The van der Waals surface area contributed by atoms with Crippen LogP contribution in [0.15, 0.2) is 36.4 Å². The predicted octanol–water partition coefficient (Wildman–Crippen LogP) is 3.76. The first kappa shape index (κ1) is 17.0. The van der Waals surface area contributed by atoms with Crippen LogP contribution in [0.3, 0.4) is 0 Å². The lowest BCUT2D eigenvalue weighted by Gasteiger charge is -2.09. The lowest BCUT2D eigenvalue weighted by Crippen LogP contribution is -2.13. The lowest BCUT2D eigenvalue weighted by atomic mass is 10.0. The van der Waals surface area contributed by atoms with Crippen molar-refractivity contribution in [3.8, 4) is 11.1 Å². The Morgan fingerprint density at radius 3 is 2.00 bits per heavy atom. The van der Waals surface area contributed by atoms with Gasteiger partial charge in [-0.3, -0.25) is 0 Å². The molecule has 5 nitrogen and oxygen atoms in total. The fraction of sp³-hybridized carbons (Fsp3) is 0.235. The third-order valence-electron chi connectivity index (χ3n) is 2.98.